The second kappa shape index (κ2) is 5.63. The number of nitrogens with zero attached hydrogens (tertiary/aromatic N) is 5. The summed E-state index contributed by atoms with van der Waals surface area (Å²) in [4.78, 5) is 21.2. The molecule has 2 aromatic heterocycles. The highest BCUT2D eigenvalue weighted by Gasteiger charge is 2.06. The quantitative estimate of drug-likeness (QED) is 0.840. The maximum atomic E-state index is 5.83. The molecule has 8 heteroatoms. The molecule has 0 bridgehead atoms. The topological polar surface area (TPSA) is 82.6 Å². The first-order valence-electron chi connectivity index (χ1n) is 5.46. The summed E-state index contributed by atoms with van der Waals surface area (Å²) in [5.41, 5.74) is 0. The molecule has 2 aromatic rings. The fraction of sp³-hybridized carbons (Fsp3) is 0.400. The number of hydrogen-bond acceptors (Lipinski definition) is 6. The Morgan fingerprint density at radius 1 is 1.33 bits per heavy atom. The van der Waals surface area contributed by atoms with Gasteiger partial charge in [-0.2, -0.15) is 15.0 Å². The number of H-pyrrole nitrogens is 1. The summed E-state index contributed by atoms with van der Waals surface area (Å²) in [7, 11) is 3.69. The van der Waals surface area contributed by atoms with Gasteiger partial charge in [0.1, 0.15) is 5.82 Å². The third-order valence-corrected chi connectivity index (χ3v) is 2.37. The fourth-order valence-electron chi connectivity index (χ4n) is 1.35. The van der Waals surface area contributed by atoms with Gasteiger partial charge in [-0.05, 0) is 11.6 Å². The van der Waals surface area contributed by atoms with E-state index >= 15 is 0 Å². The molecule has 0 saturated carbocycles. The summed E-state index contributed by atoms with van der Waals surface area (Å²) < 4.78 is 0. The van der Waals surface area contributed by atoms with Crippen LogP contribution in [0.25, 0.3) is 0 Å². The molecule has 0 aromatic carbocycles. The van der Waals surface area contributed by atoms with Crippen LogP contribution in [0.3, 0.4) is 0 Å². The molecule has 0 amide bonds. The number of hydrogen-bond donors (Lipinski definition) is 2. The van der Waals surface area contributed by atoms with E-state index in [0.717, 1.165) is 12.2 Å². The Morgan fingerprint density at radius 3 is 2.83 bits per heavy atom. The predicted octanol–water partition coefficient (Wildman–Crippen LogP) is 0.969. The molecule has 18 heavy (non-hydrogen) atoms. The molecule has 0 aliphatic heterocycles. The molecule has 0 radical (unpaired) electrons. The van der Waals surface area contributed by atoms with Crippen molar-refractivity contribution in [1.29, 1.82) is 0 Å². The van der Waals surface area contributed by atoms with Crippen LogP contribution in [-0.2, 0) is 6.42 Å². The number of nitrogens with one attached hydrogen (secondary N) is 2. The van der Waals surface area contributed by atoms with Gasteiger partial charge >= 0.3 is 0 Å². The summed E-state index contributed by atoms with van der Waals surface area (Å²) >= 11 is 5.83. The second-order valence-electron chi connectivity index (χ2n) is 3.84. The molecule has 0 aliphatic carbocycles. The zero-order chi connectivity index (χ0) is 13.0. The van der Waals surface area contributed by atoms with Gasteiger partial charge in [-0.15, -0.1) is 0 Å². The van der Waals surface area contributed by atoms with Crippen molar-refractivity contribution in [2.24, 2.45) is 0 Å². The highest BCUT2D eigenvalue weighted by atomic mass is 35.5. The van der Waals surface area contributed by atoms with Gasteiger partial charge in [0, 0.05) is 39.5 Å². The van der Waals surface area contributed by atoms with Crippen LogP contribution in [-0.4, -0.2) is 45.6 Å². The number of halogens is 1. The zero-order valence-electron chi connectivity index (χ0n) is 10.2. The third kappa shape index (κ3) is 3.30. The van der Waals surface area contributed by atoms with Crippen LogP contribution >= 0.6 is 11.6 Å². The van der Waals surface area contributed by atoms with Crippen LogP contribution in [0.1, 0.15) is 5.82 Å². The number of anilines is 2. The first-order chi connectivity index (χ1) is 8.65. The molecule has 2 N–H and O–H groups in total. The number of rotatable bonds is 5. The van der Waals surface area contributed by atoms with Gasteiger partial charge in [-0.25, -0.2) is 4.98 Å². The van der Waals surface area contributed by atoms with Crippen molar-refractivity contribution in [1.82, 2.24) is 24.9 Å². The summed E-state index contributed by atoms with van der Waals surface area (Å²) in [6.07, 6.45) is 4.27. The van der Waals surface area contributed by atoms with E-state index < -0.39 is 0 Å². The van der Waals surface area contributed by atoms with Gasteiger partial charge in [0.25, 0.3) is 0 Å². The molecule has 96 valence electrons. The van der Waals surface area contributed by atoms with Crippen molar-refractivity contribution in [3.8, 4) is 0 Å². The monoisotopic (exact) mass is 267 g/mol. The van der Waals surface area contributed by atoms with Crippen LogP contribution in [0, 0.1) is 0 Å². The van der Waals surface area contributed by atoms with Crippen molar-refractivity contribution in [3.63, 3.8) is 0 Å². The Labute approximate surface area is 110 Å². The molecule has 7 nitrogen and oxygen atoms in total. The van der Waals surface area contributed by atoms with Gasteiger partial charge in [0.05, 0.1) is 0 Å². The highest BCUT2D eigenvalue weighted by Crippen LogP contribution is 2.11. The van der Waals surface area contributed by atoms with Crippen LogP contribution in [0.2, 0.25) is 5.28 Å². The van der Waals surface area contributed by atoms with Crippen LogP contribution in [0.5, 0.6) is 0 Å². The zero-order valence-corrected chi connectivity index (χ0v) is 10.9. The lowest BCUT2D eigenvalue weighted by molar-refractivity contribution is 0.896. The minimum atomic E-state index is 0.175. The highest BCUT2D eigenvalue weighted by molar-refractivity contribution is 6.28. The number of aromatic amines is 1. The average molecular weight is 268 g/mol. The van der Waals surface area contributed by atoms with Crippen LogP contribution in [0.15, 0.2) is 12.4 Å². The Kier molecular flexibility index (Phi) is 3.93. The Hall–Kier alpha value is -1.89. The molecule has 0 atom stereocenters. The summed E-state index contributed by atoms with van der Waals surface area (Å²) in [6.45, 7) is 0.667. The molecular weight excluding hydrogens is 254 g/mol. The summed E-state index contributed by atoms with van der Waals surface area (Å²) in [5.74, 6) is 1.90. The van der Waals surface area contributed by atoms with E-state index in [4.69, 9.17) is 11.6 Å². The smallest absolute Gasteiger partial charge is 0.230 e. The van der Waals surface area contributed by atoms with Crippen LogP contribution in [0.4, 0.5) is 11.9 Å². The van der Waals surface area contributed by atoms with Gasteiger partial charge in [-0.3, -0.25) is 0 Å². The third-order valence-electron chi connectivity index (χ3n) is 2.20. The lowest BCUT2D eigenvalue weighted by Gasteiger charge is -2.11. The minimum absolute atomic E-state index is 0.175. The maximum Gasteiger partial charge on any atom is 0.230 e. The standard InChI is InChI=1S/C10H14ClN7/c1-18(2)10-16-8(11)15-9(17-10)14-4-3-7-12-5-6-13-7/h5-6H,3-4H2,1-2H3,(H,12,13)(H,14,15,16,17). The van der Waals surface area contributed by atoms with E-state index in [9.17, 15) is 0 Å². The largest absolute Gasteiger partial charge is 0.354 e. The fourth-order valence-corrected chi connectivity index (χ4v) is 1.50. The van der Waals surface area contributed by atoms with Gasteiger partial charge in [0.15, 0.2) is 0 Å². The van der Waals surface area contributed by atoms with E-state index in [1.54, 1.807) is 17.3 Å². The maximum absolute atomic E-state index is 5.83. The van der Waals surface area contributed by atoms with Crippen molar-refractivity contribution < 1.29 is 0 Å². The van der Waals surface area contributed by atoms with Crippen molar-refractivity contribution in [3.05, 3.63) is 23.5 Å². The molecule has 0 unspecified atom stereocenters. The summed E-state index contributed by atoms with van der Waals surface area (Å²) in [5, 5.41) is 3.26. The van der Waals surface area contributed by atoms with E-state index in [1.165, 1.54) is 0 Å². The predicted molar refractivity (Wildman–Crippen MR) is 69.9 cm³/mol. The van der Waals surface area contributed by atoms with E-state index in [2.05, 4.69) is 30.2 Å². The van der Waals surface area contributed by atoms with Gasteiger partial charge in [0.2, 0.25) is 17.2 Å². The van der Waals surface area contributed by atoms with Crippen molar-refractivity contribution >= 4 is 23.5 Å². The SMILES string of the molecule is CN(C)c1nc(Cl)nc(NCCc2ncc[nH]2)n1. The Morgan fingerprint density at radius 2 is 2.17 bits per heavy atom. The molecule has 0 spiro atoms. The molecule has 2 rings (SSSR count). The van der Waals surface area contributed by atoms with E-state index in [-0.39, 0.29) is 5.28 Å². The van der Waals surface area contributed by atoms with Crippen molar-refractivity contribution in [2.75, 3.05) is 30.9 Å². The molecule has 2 heterocycles. The lowest BCUT2D eigenvalue weighted by atomic mass is 10.4. The number of aromatic nitrogens is 5. The van der Waals surface area contributed by atoms with Gasteiger partial charge in [-0.1, -0.05) is 0 Å². The molecule has 0 saturated heterocycles. The molecule has 0 fully saturated rings. The Balaban J connectivity index is 1.96. The number of imidazole rings is 1. The first-order valence-corrected chi connectivity index (χ1v) is 5.84. The molecule has 0 aliphatic rings. The van der Waals surface area contributed by atoms with Gasteiger partial charge < -0.3 is 15.2 Å². The van der Waals surface area contributed by atoms with E-state index in [1.807, 2.05) is 14.1 Å². The molecular formula is C10H14ClN7. The lowest BCUT2D eigenvalue weighted by Crippen LogP contribution is -2.16. The normalized spacial score (nSPS) is 10.4. The minimum Gasteiger partial charge on any atom is -0.354 e. The first kappa shape index (κ1) is 12.6. The summed E-state index contributed by atoms with van der Waals surface area (Å²) in [6, 6.07) is 0. The Bertz CT molecular complexity index is 497. The van der Waals surface area contributed by atoms with E-state index in [0.29, 0.717) is 18.4 Å². The van der Waals surface area contributed by atoms with Crippen molar-refractivity contribution in [2.45, 2.75) is 6.42 Å². The van der Waals surface area contributed by atoms with Crippen LogP contribution < -0.4 is 10.2 Å². The second-order valence-corrected chi connectivity index (χ2v) is 4.17. The average Bonchev–Trinajstić information content (AvgIpc) is 2.81.